The van der Waals surface area contributed by atoms with Gasteiger partial charge in [0.1, 0.15) is 17.3 Å². The molecule has 46 heavy (non-hydrogen) atoms. The van der Waals surface area contributed by atoms with Crippen molar-refractivity contribution in [3.63, 3.8) is 0 Å². The van der Waals surface area contributed by atoms with Gasteiger partial charge in [0, 0.05) is 57.8 Å². The van der Waals surface area contributed by atoms with Crippen molar-refractivity contribution >= 4 is 22.8 Å². The van der Waals surface area contributed by atoms with Gasteiger partial charge in [0.15, 0.2) is 5.82 Å². The Morgan fingerprint density at radius 3 is 2.26 bits per heavy atom. The number of carbonyl (C=O) groups is 1. The summed E-state index contributed by atoms with van der Waals surface area (Å²) in [4.78, 5) is 42.1. The number of alkyl halides is 3. The molecule has 1 saturated carbocycles. The van der Waals surface area contributed by atoms with E-state index in [0.29, 0.717) is 53.8 Å². The number of piperidine rings is 1. The maximum atomic E-state index is 13.8. The number of aromatic nitrogens is 3. The van der Waals surface area contributed by atoms with E-state index in [1.165, 1.54) is 29.5 Å². The average molecular weight is 636 g/mol. The molecule has 3 aliphatic rings. The summed E-state index contributed by atoms with van der Waals surface area (Å²) in [6.45, 7) is 6.52. The lowest BCUT2D eigenvalue weighted by Gasteiger charge is -2.50. The Hall–Kier alpha value is -3.98. The number of nitriles is 1. The molecule has 2 aromatic heterocycles. The molecule has 0 N–H and O–H groups in total. The Balaban J connectivity index is 1.35. The quantitative estimate of drug-likeness (QED) is 0.342. The highest BCUT2D eigenvalue weighted by Gasteiger charge is 2.46. The van der Waals surface area contributed by atoms with E-state index in [9.17, 15) is 28.0 Å². The molecule has 3 fully saturated rings. The van der Waals surface area contributed by atoms with E-state index in [4.69, 9.17) is 0 Å². The Bertz CT molecular complexity index is 1700. The number of pyridine rings is 1. The number of benzene rings is 1. The number of halogens is 3. The molecule has 9 nitrogen and oxygen atoms in total. The van der Waals surface area contributed by atoms with Crippen LogP contribution in [-0.2, 0) is 18.0 Å². The van der Waals surface area contributed by atoms with Gasteiger partial charge in [-0.25, -0.2) is 9.78 Å². The van der Waals surface area contributed by atoms with Crippen molar-refractivity contribution in [1.29, 1.82) is 5.26 Å². The summed E-state index contributed by atoms with van der Waals surface area (Å²) < 4.78 is 41.9. The molecule has 1 aromatic carbocycles. The molecule has 2 unspecified atom stereocenters. The molecule has 6 rings (SSSR count). The summed E-state index contributed by atoms with van der Waals surface area (Å²) in [5.41, 5.74) is 1.21. The van der Waals surface area contributed by atoms with Gasteiger partial charge in [-0.05, 0) is 73.8 Å². The third-order valence-corrected chi connectivity index (χ3v) is 10.5. The molecule has 2 saturated heterocycles. The molecule has 3 aromatic rings. The van der Waals surface area contributed by atoms with Gasteiger partial charge in [0.25, 0.3) is 0 Å². The first kappa shape index (κ1) is 32.0. The zero-order chi connectivity index (χ0) is 32.8. The molecule has 1 amide bonds. The van der Waals surface area contributed by atoms with E-state index < -0.39 is 23.5 Å². The SMILES string of the molecule is CCC1CN(C(CC(=O)N2CCC3(CC2)CC3)c2ccc(C(F)(F)F)cc2)[C@H](CC)CN1c1nc(=O)n(C)c2ccc(C#N)nc12. The molecule has 1 spiro atoms. The summed E-state index contributed by atoms with van der Waals surface area (Å²) >= 11 is 0. The van der Waals surface area contributed by atoms with Crippen LogP contribution in [0.1, 0.15) is 81.7 Å². The third-order valence-electron chi connectivity index (χ3n) is 10.5. The number of hydrogen-bond acceptors (Lipinski definition) is 7. The van der Waals surface area contributed by atoms with Crippen molar-refractivity contribution in [2.24, 2.45) is 12.5 Å². The maximum absolute atomic E-state index is 13.8. The minimum absolute atomic E-state index is 0.0261. The zero-order valence-corrected chi connectivity index (χ0v) is 26.6. The van der Waals surface area contributed by atoms with Crippen LogP contribution < -0.4 is 10.6 Å². The van der Waals surface area contributed by atoms with Gasteiger partial charge < -0.3 is 9.80 Å². The summed E-state index contributed by atoms with van der Waals surface area (Å²) in [7, 11) is 1.62. The summed E-state index contributed by atoms with van der Waals surface area (Å²) in [6.07, 6.45) is 1.59. The summed E-state index contributed by atoms with van der Waals surface area (Å²) in [5.74, 6) is 0.447. The van der Waals surface area contributed by atoms with Crippen molar-refractivity contribution in [3.05, 3.63) is 63.7 Å². The van der Waals surface area contributed by atoms with Crippen LogP contribution in [0.25, 0.3) is 11.0 Å². The number of likely N-dealkylation sites (tertiary alicyclic amines) is 1. The van der Waals surface area contributed by atoms with Gasteiger partial charge in [-0.1, -0.05) is 26.0 Å². The fraction of sp³-hybridized carbons (Fsp3) is 0.559. The fourth-order valence-electron chi connectivity index (χ4n) is 7.32. The van der Waals surface area contributed by atoms with Crippen molar-refractivity contribution < 1.29 is 18.0 Å². The van der Waals surface area contributed by atoms with E-state index in [1.54, 1.807) is 19.2 Å². The number of hydrogen-bond donors (Lipinski definition) is 0. The maximum Gasteiger partial charge on any atom is 0.416 e. The van der Waals surface area contributed by atoms with E-state index in [2.05, 4.69) is 32.8 Å². The topological polar surface area (TPSA) is 98.4 Å². The number of carbonyl (C=O) groups excluding carboxylic acids is 1. The smallest absolute Gasteiger partial charge is 0.349 e. The van der Waals surface area contributed by atoms with Crippen LogP contribution in [0.15, 0.2) is 41.2 Å². The first-order valence-corrected chi connectivity index (χ1v) is 16.2. The second-order valence-electron chi connectivity index (χ2n) is 13.1. The van der Waals surface area contributed by atoms with Crippen molar-refractivity contribution in [2.45, 2.75) is 83.1 Å². The minimum Gasteiger partial charge on any atom is -0.349 e. The summed E-state index contributed by atoms with van der Waals surface area (Å²) in [5, 5.41) is 9.55. The molecular weight excluding hydrogens is 595 g/mol. The molecule has 2 aliphatic heterocycles. The lowest BCUT2D eigenvalue weighted by atomic mass is 9.91. The van der Waals surface area contributed by atoms with Gasteiger partial charge in [-0.15, -0.1) is 0 Å². The number of anilines is 1. The molecule has 244 valence electrons. The number of fused-ring (bicyclic) bond motifs is 1. The largest absolute Gasteiger partial charge is 0.416 e. The number of nitrogens with zero attached hydrogens (tertiary/aromatic N) is 7. The van der Waals surface area contributed by atoms with Crippen LogP contribution in [0, 0.1) is 16.7 Å². The third kappa shape index (κ3) is 6.09. The lowest BCUT2D eigenvalue weighted by Crippen LogP contribution is -2.59. The van der Waals surface area contributed by atoms with Gasteiger partial charge in [-0.2, -0.15) is 23.4 Å². The Morgan fingerprint density at radius 2 is 1.67 bits per heavy atom. The molecular formula is C34H40F3N7O2. The Labute approximate surface area is 266 Å². The Morgan fingerprint density at radius 1 is 1.00 bits per heavy atom. The molecule has 12 heteroatoms. The van der Waals surface area contributed by atoms with Gasteiger partial charge >= 0.3 is 11.9 Å². The number of rotatable bonds is 7. The van der Waals surface area contributed by atoms with Crippen LogP contribution in [-0.4, -0.2) is 68.5 Å². The van der Waals surface area contributed by atoms with Crippen LogP contribution in [0.4, 0.5) is 19.0 Å². The zero-order valence-electron chi connectivity index (χ0n) is 26.6. The number of amides is 1. The van der Waals surface area contributed by atoms with E-state index in [1.807, 2.05) is 11.8 Å². The molecule has 3 atom stereocenters. The standard InChI is InChI=1S/C34H40F3N7O2/c1-4-25-21-44(31-30-27(41(3)32(46)40-31)11-10-24(19-38)39-30)26(5-2)20-43(25)28(22-6-8-23(9-7-22)34(35,36)37)18-29(45)42-16-14-33(12-13-33)15-17-42/h6-11,25-26,28H,4-5,12-18,20-21H2,1-3H3/t25-,26?,28?/m1/s1. The second kappa shape index (κ2) is 12.3. The number of piperazine rings is 1. The molecule has 0 bridgehead atoms. The van der Waals surface area contributed by atoms with Crippen LogP contribution in [0.5, 0.6) is 0 Å². The predicted octanol–water partition coefficient (Wildman–Crippen LogP) is 5.43. The lowest BCUT2D eigenvalue weighted by molar-refractivity contribution is -0.138. The first-order chi connectivity index (χ1) is 22.0. The molecule has 4 heterocycles. The van der Waals surface area contributed by atoms with E-state index in [0.717, 1.165) is 38.1 Å². The number of aryl methyl sites for hydroxylation is 1. The fourth-order valence-corrected chi connectivity index (χ4v) is 7.32. The predicted molar refractivity (Wildman–Crippen MR) is 168 cm³/mol. The van der Waals surface area contributed by atoms with Crippen LogP contribution >= 0.6 is 0 Å². The second-order valence-corrected chi connectivity index (χ2v) is 13.1. The normalized spacial score (nSPS) is 22.2. The van der Waals surface area contributed by atoms with Crippen molar-refractivity contribution in [2.75, 3.05) is 31.1 Å². The van der Waals surface area contributed by atoms with E-state index >= 15 is 0 Å². The highest BCUT2D eigenvalue weighted by Crippen LogP contribution is 2.53. The highest BCUT2D eigenvalue weighted by atomic mass is 19.4. The highest BCUT2D eigenvalue weighted by molar-refractivity contribution is 5.86. The van der Waals surface area contributed by atoms with Gasteiger partial charge in [-0.3, -0.25) is 14.3 Å². The minimum atomic E-state index is -4.46. The first-order valence-electron chi connectivity index (χ1n) is 16.2. The van der Waals surface area contributed by atoms with Crippen molar-refractivity contribution in [1.82, 2.24) is 24.3 Å². The van der Waals surface area contributed by atoms with Gasteiger partial charge in [0.05, 0.1) is 11.1 Å². The Kier molecular flexibility index (Phi) is 8.57. The monoisotopic (exact) mass is 635 g/mol. The molecule has 1 aliphatic carbocycles. The van der Waals surface area contributed by atoms with Crippen LogP contribution in [0.3, 0.4) is 0 Å². The summed E-state index contributed by atoms with van der Waals surface area (Å²) in [6, 6.07) is 9.94. The average Bonchev–Trinajstić information content (AvgIpc) is 3.82. The van der Waals surface area contributed by atoms with Crippen LogP contribution in [0.2, 0.25) is 0 Å². The molecule has 0 radical (unpaired) electrons. The van der Waals surface area contributed by atoms with E-state index in [-0.39, 0.29) is 30.1 Å². The van der Waals surface area contributed by atoms with Crippen molar-refractivity contribution in [3.8, 4) is 6.07 Å². The van der Waals surface area contributed by atoms with Gasteiger partial charge in [0.2, 0.25) is 5.91 Å².